The molecule has 0 saturated carbocycles. The van der Waals surface area contributed by atoms with Gasteiger partial charge >= 0.3 is 6.03 Å². The Labute approximate surface area is 76.7 Å². The third kappa shape index (κ3) is 122. The Morgan fingerprint density at radius 3 is 1.00 bits per heavy atom. The molecule has 0 aliphatic heterocycles. The van der Waals surface area contributed by atoms with Crippen molar-refractivity contribution >= 4 is 6.03 Å². The van der Waals surface area contributed by atoms with Crippen molar-refractivity contribution < 1.29 is 25.4 Å². The second-order valence-corrected chi connectivity index (χ2v) is 0.878. The van der Waals surface area contributed by atoms with Gasteiger partial charge in [0, 0.05) is 0 Å². The molecule has 14 heavy (non-hydrogen) atoms. The Bertz CT molecular complexity index is 116. The molecule has 0 spiro atoms. The van der Waals surface area contributed by atoms with Crippen LogP contribution in [0.1, 0.15) is 0 Å². The van der Waals surface area contributed by atoms with E-state index in [9.17, 15) is 0 Å². The Morgan fingerprint density at radius 1 is 1.00 bits per heavy atom. The van der Waals surface area contributed by atoms with E-state index in [1.165, 1.54) is 0 Å². The van der Waals surface area contributed by atoms with Crippen molar-refractivity contribution in [1.29, 1.82) is 0 Å². The third-order valence-corrected chi connectivity index (χ3v) is 0. The Balaban J connectivity index is -0.0000000270. The molecule has 0 unspecified atom stereocenters. The summed E-state index contributed by atoms with van der Waals surface area (Å²) in [4.78, 5) is 25.7. The number of rotatable bonds is 0. The van der Waals surface area contributed by atoms with Gasteiger partial charge in [-0.25, -0.2) is 4.79 Å². The summed E-state index contributed by atoms with van der Waals surface area (Å²) >= 11 is 0. The van der Waals surface area contributed by atoms with E-state index in [-0.39, 0.29) is 12.3 Å². The minimum Gasteiger partial charge on any atom is -0.352 e. The molecule has 13 nitrogen and oxygen atoms in total. The smallest absolute Gasteiger partial charge is 0.309 e. The number of urea groups is 1. The minimum absolute atomic E-state index is 0. The van der Waals surface area contributed by atoms with Crippen molar-refractivity contribution in [3.8, 4) is 0 Å². The molecule has 0 aromatic rings. The molecule has 0 bridgehead atoms. The quantitative estimate of drug-likeness (QED) is 0.207. The zero-order chi connectivity index (χ0) is 10.7. The molecule has 0 rings (SSSR count). The number of amides is 2. The van der Waals surface area contributed by atoms with Crippen LogP contribution in [0.5, 0.6) is 0 Å². The van der Waals surface area contributed by atoms with Crippen LogP contribution in [-0.2, 0) is 0 Å². The Hall–Kier alpha value is -2.41. The van der Waals surface area contributed by atoms with E-state index in [2.05, 4.69) is 11.5 Å². The molecule has 0 aliphatic carbocycles. The number of nitrogens with zero attached hydrogens (tertiary/aromatic N) is 2. The van der Waals surface area contributed by atoms with E-state index < -0.39 is 16.2 Å². The summed E-state index contributed by atoms with van der Waals surface area (Å²) in [5.41, 5.74) is 8.50. The molecule has 0 saturated heterocycles. The first-order valence-corrected chi connectivity index (χ1v) is 1.91. The summed E-state index contributed by atoms with van der Waals surface area (Å²) in [6, 6.07) is -0.833. The van der Waals surface area contributed by atoms with E-state index in [0.717, 1.165) is 0 Å². The van der Waals surface area contributed by atoms with Crippen molar-refractivity contribution in [3.05, 3.63) is 20.2 Å². The molecular formula is CH12N6O7. The maximum atomic E-state index is 9.00. The van der Waals surface area contributed by atoms with Crippen LogP contribution in [0, 0.1) is 20.2 Å². The first kappa shape index (κ1) is 29.9. The molecular weight excluding hydrogens is 208 g/mol. The third-order valence-electron chi connectivity index (χ3n) is 0. The molecule has 2 amide bonds. The van der Waals surface area contributed by atoms with Gasteiger partial charge in [-0.1, -0.05) is 0 Å². The predicted molar refractivity (Wildman–Crippen MR) is 41.4 cm³/mol. The van der Waals surface area contributed by atoms with Crippen molar-refractivity contribution in [3.63, 3.8) is 0 Å². The number of primary amides is 2. The van der Waals surface area contributed by atoms with Crippen LogP contribution in [0.4, 0.5) is 4.79 Å². The molecule has 0 heterocycles. The van der Waals surface area contributed by atoms with Crippen LogP contribution >= 0.6 is 0 Å². The molecule has 88 valence electrons. The van der Waals surface area contributed by atoms with Crippen LogP contribution in [0.2, 0.25) is 0 Å². The minimum atomic E-state index is -1.50. The molecule has 0 aromatic carbocycles. The van der Waals surface area contributed by atoms with Gasteiger partial charge in [-0.15, -0.1) is 20.2 Å². The molecule has 0 atom stereocenters. The number of carbonyl (C=O) groups excluding carboxylic acids is 1. The summed E-state index contributed by atoms with van der Waals surface area (Å²) in [5.74, 6) is 0. The number of hydrogen-bond acceptors (Lipinski definition) is 7. The monoisotopic (exact) mass is 220 g/mol. The van der Waals surface area contributed by atoms with Gasteiger partial charge in [-0.2, -0.15) is 0 Å². The van der Waals surface area contributed by atoms with Gasteiger partial charge in [-0.3, -0.25) is 0 Å². The highest BCUT2D eigenvalue weighted by atomic mass is 16.9. The van der Waals surface area contributed by atoms with Gasteiger partial charge in [0.25, 0.3) is 10.2 Å². The SMILES string of the molecule is N.N.NC(N)=O.O=[N+]([O-])O.O=[N+]([O-])O. The standard InChI is InChI=1S/CH4N2O.2HNO3.2H3N/c3*2-1(3)4;;/h(H4,2,3,4);2*(H,2,3,4);2*1H3. The second-order valence-electron chi connectivity index (χ2n) is 0.878. The molecule has 0 fully saturated rings. The summed E-state index contributed by atoms with van der Waals surface area (Å²) in [7, 11) is 0. The molecule has 13 heteroatoms. The highest BCUT2D eigenvalue weighted by Gasteiger charge is 1.65. The Kier molecular flexibility index (Phi) is 47.9. The van der Waals surface area contributed by atoms with Gasteiger partial charge in [0.15, 0.2) is 0 Å². The van der Waals surface area contributed by atoms with E-state index >= 15 is 0 Å². The van der Waals surface area contributed by atoms with Gasteiger partial charge < -0.3 is 34.2 Å². The number of nitrogens with two attached hydrogens (primary N) is 2. The number of carbonyl (C=O) groups is 1. The zero-order valence-corrected chi connectivity index (χ0v) is 6.90. The molecule has 0 radical (unpaired) electrons. The summed E-state index contributed by atoms with van der Waals surface area (Å²) in [6.07, 6.45) is 0. The van der Waals surface area contributed by atoms with E-state index in [0.29, 0.717) is 0 Å². The van der Waals surface area contributed by atoms with Gasteiger partial charge in [0.1, 0.15) is 0 Å². The highest BCUT2D eigenvalue weighted by molar-refractivity contribution is 5.69. The van der Waals surface area contributed by atoms with Gasteiger partial charge in [0.05, 0.1) is 0 Å². The lowest BCUT2D eigenvalue weighted by Crippen LogP contribution is -2.18. The normalized spacial score (nSPS) is 5.14. The van der Waals surface area contributed by atoms with E-state index in [1.54, 1.807) is 0 Å². The van der Waals surface area contributed by atoms with Crippen molar-refractivity contribution in [2.24, 2.45) is 11.5 Å². The predicted octanol–water partition coefficient (Wildman–Crippen LogP) is -1.35. The van der Waals surface area contributed by atoms with Crippen molar-refractivity contribution in [1.82, 2.24) is 12.3 Å². The van der Waals surface area contributed by atoms with Gasteiger partial charge in [0.2, 0.25) is 0 Å². The van der Waals surface area contributed by atoms with Crippen LogP contribution < -0.4 is 23.8 Å². The fraction of sp³-hybridized carbons (Fsp3) is 0. The lowest BCUT2D eigenvalue weighted by atomic mass is 11.2. The zero-order valence-electron chi connectivity index (χ0n) is 6.90. The number of hydrogen-bond donors (Lipinski definition) is 6. The lowest BCUT2D eigenvalue weighted by molar-refractivity contribution is -0.742. The van der Waals surface area contributed by atoms with E-state index in [4.69, 9.17) is 35.4 Å². The van der Waals surface area contributed by atoms with Gasteiger partial charge in [-0.05, 0) is 0 Å². The van der Waals surface area contributed by atoms with Crippen molar-refractivity contribution in [2.45, 2.75) is 0 Å². The van der Waals surface area contributed by atoms with Crippen LogP contribution in [0.25, 0.3) is 0 Å². The maximum absolute atomic E-state index is 9.00. The van der Waals surface area contributed by atoms with Crippen molar-refractivity contribution in [2.75, 3.05) is 0 Å². The average molecular weight is 220 g/mol. The summed E-state index contributed by atoms with van der Waals surface area (Å²) in [6.45, 7) is 0. The second kappa shape index (κ2) is 22.4. The maximum Gasteiger partial charge on any atom is 0.309 e. The fourth-order valence-electron chi connectivity index (χ4n) is 0. The first-order chi connectivity index (χ1) is 5.20. The first-order valence-electron chi connectivity index (χ1n) is 1.91. The summed E-state index contributed by atoms with van der Waals surface area (Å²) in [5, 5.41) is 27.3. The largest absolute Gasteiger partial charge is 0.352 e. The molecule has 0 aliphatic rings. The van der Waals surface area contributed by atoms with E-state index in [1.807, 2.05) is 0 Å². The summed E-state index contributed by atoms with van der Waals surface area (Å²) < 4.78 is 0. The van der Waals surface area contributed by atoms with Crippen LogP contribution in [0.3, 0.4) is 0 Å². The molecule has 12 N–H and O–H groups in total. The lowest BCUT2D eigenvalue weighted by Gasteiger charge is -1.62. The molecule has 0 aromatic heterocycles. The Morgan fingerprint density at radius 2 is 1.00 bits per heavy atom. The average Bonchev–Trinajstić information content (AvgIpc) is 1.54. The highest BCUT2D eigenvalue weighted by Crippen LogP contribution is 1.38. The topological polar surface area (TPSA) is 266 Å². The fourth-order valence-corrected chi connectivity index (χ4v) is 0. The van der Waals surface area contributed by atoms with Crippen LogP contribution in [0.15, 0.2) is 0 Å². The van der Waals surface area contributed by atoms with Crippen LogP contribution in [-0.4, -0.2) is 26.6 Å².